The fourth-order valence-electron chi connectivity index (χ4n) is 2.08. The molecule has 0 bridgehead atoms. The molecule has 0 saturated carbocycles. The predicted molar refractivity (Wildman–Crippen MR) is 81.0 cm³/mol. The van der Waals surface area contributed by atoms with Crippen molar-refractivity contribution in [3.05, 3.63) is 59.2 Å². The maximum absolute atomic E-state index is 13.4. The lowest BCUT2D eigenvalue weighted by Gasteiger charge is -2.09. The molecule has 0 heterocycles. The largest absolute Gasteiger partial charge is 0.493 e. The summed E-state index contributed by atoms with van der Waals surface area (Å²) in [6, 6.07) is 8.67. The first kappa shape index (κ1) is 15.9. The second-order valence-electron chi connectivity index (χ2n) is 5.09. The van der Waals surface area contributed by atoms with Gasteiger partial charge in [-0.15, -0.1) is 0 Å². The quantitative estimate of drug-likeness (QED) is 0.907. The van der Waals surface area contributed by atoms with E-state index in [0.29, 0.717) is 5.75 Å². The minimum atomic E-state index is -0.676. The second kappa shape index (κ2) is 7.02. The average molecular weight is 305 g/mol. The molecule has 1 amide bonds. The van der Waals surface area contributed by atoms with E-state index in [1.807, 2.05) is 32.0 Å². The normalized spacial score (nSPS) is 10.4. The summed E-state index contributed by atoms with van der Waals surface area (Å²) in [4.78, 5) is 11.7. The van der Waals surface area contributed by atoms with Gasteiger partial charge in [0.25, 0.3) is 0 Å². The zero-order chi connectivity index (χ0) is 16.1. The van der Waals surface area contributed by atoms with Crippen LogP contribution in [-0.2, 0) is 4.79 Å². The maximum atomic E-state index is 13.4. The van der Waals surface area contributed by atoms with Gasteiger partial charge in [-0.2, -0.15) is 0 Å². The molecule has 0 aliphatic carbocycles. The van der Waals surface area contributed by atoms with E-state index in [1.54, 1.807) is 0 Å². The van der Waals surface area contributed by atoms with Gasteiger partial charge in [0.15, 0.2) is 0 Å². The highest BCUT2D eigenvalue weighted by Gasteiger charge is 2.08. The van der Waals surface area contributed by atoms with E-state index < -0.39 is 17.5 Å². The highest BCUT2D eigenvalue weighted by atomic mass is 19.1. The van der Waals surface area contributed by atoms with Crippen molar-refractivity contribution in [2.75, 3.05) is 11.9 Å². The molecule has 0 spiro atoms. The maximum Gasteiger partial charge on any atom is 0.227 e. The number of ether oxygens (including phenoxy) is 1. The molecule has 2 aromatic carbocycles. The highest BCUT2D eigenvalue weighted by Crippen LogP contribution is 2.17. The van der Waals surface area contributed by atoms with E-state index in [2.05, 4.69) is 5.32 Å². The minimum Gasteiger partial charge on any atom is -0.493 e. The number of carbonyl (C=O) groups is 1. The van der Waals surface area contributed by atoms with Crippen LogP contribution in [0.15, 0.2) is 36.4 Å². The first-order valence-corrected chi connectivity index (χ1v) is 6.90. The summed E-state index contributed by atoms with van der Waals surface area (Å²) >= 11 is 0. The number of benzene rings is 2. The summed E-state index contributed by atoms with van der Waals surface area (Å²) in [7, 11) is 0. The molecular formula is C17H17F2NO2. The molecule has 0 saturated heterocycles. The standard InChI is InChI=1S/C17H17F2NO2/c1-11-7-12(2)9-14(8-11)22-6-5-17(21)20-16-10-13(18)3-4-15(16)19/h3-4,7-10H,5-6H2,1-2H3,(H,20,21). The average Bonchev–Trinajstić information content (AvgIpc) is 2.42. The topological polar surface area (TPSA) is 38.3 Å². The van der Waals surface area contributed by atoms with E-state index in [-0.39, 0.29) is 18.7 Å². The van der Waals surface area contributed by atoms with Crippen LogP contribution < -0.4 is 10.1 Å². The van der Waals surface area contributed by atoms with Crippen molar-refractivity contribution >= 4 is 11.6 Å². The molecule has 0 radical (unpaired) electrons. The van der Waals surface area contributed by atoms with Crippen molar-refractivity contribution in [2.24, 2.45) is 0 Å². The Morgan fingerprint density at radius 3 is 2.45 bits per heavy atom. The van der Waals surface area contributed by atoms with Gasteiger partial charge in [-0.25, -0.2) is 8.78 Å². The number of amides is 1. The minimum absolute atomic E-state index is 0.0446. The van der Waals surface area contributed by atoms with E-state index >= 15 is 0 Å². The Bertz CT molecular complexity index is 666. The Hall–Kier alpha value is -2.43. The third-order valence-electron chi connectivity index (χ3n) is 3.00. The van der Waals surface area contributed by atoms with Crippen molar-refractivity contribution in [1.82, 2.24) is 0 Å². The van der Waals surface area contributed by atoms with E-state index in [0.717, 1.165) is 29.3 Å². The molecule has 0 fully saturated rings. The third kappa shape index (κ3) is 4.55. The molecular weight excluding hydrogens is 288 g/mol. The summed E-state index contributed by atoms with van der Waals surface area (Å²) in [5.41, 5.74) is 1.97. The van der Waals surface area contributed by atoms with Gasteiger partial charge < -0.3 is 10.1 Å². The van der Waals surface area contributed by atoms with Crippen LogP contribution in [-0.4, -0.2) is 12.5 Å². The van der Waals surface area contributed by atoms with Crippen molar-refractivity contribution in [3.63, 3.8) is 0 Å². The zero-order valence-corrected chi connectivity index (χ0v) is 12.5. The molecule has 116 valence electrons. The lowest BCUT2D eigenvalue weighted by atomic mass is 10.1. The third-order valence-corrected chi connectivity index (χ3v) is 3.00. The fraction of sp³-hybridized carbons (Fsp3) is 0.235. The van der Waals surface area contributed by atoms with Crippen molar-refractivity contribution in [2.45, 2.75) is 20.3 Å². The van der Waals surface area contributed by atoms with Gasteiger partial charge >= 0.3 is 0 Å². The lowest BCUT2D eigenvalue weighted by Crippen LogP contribution is -2.16. The predicted octanol–water partition coefficient (Wildman–Crippen LogP) is 3.99. The van der Waals surface area contributed by atoms with E-state index in [1.165, 1.54) is 0 Å². The number of nitrogens with one attached hydrogen (secondary N) is 1. The second-order valence-corrected chi connectivity index (χ2v) is 5.09. The molecule has 0 aliphatic rings. The van der Waals surface area contributed by atoms with Gasteiger partial charge in [-0.05, 0) is 49.2 Å². The molecule has 0 aliphatic heterocycles. The highest BCUT2D eigenvalue weighted by molar-refractivity contribution is 5.90. The molecule has 0 aromatic heterocycles. The number of aryl methyl sites for hydroxylation is 2. The fourth-order valence-corrected chi connectivity index (χ4v) is 2.08. The summed E-state index contributed by atoms with van der Waals surface area (Å²) in [5, 5.41) is 2.33. The number of halogens is 2. The van der Waals surface area contributed by atoms with Crippen LogP contribution >= 0.6 is 0 Å². The Morgan fingerprint density at radius 1 is 1.09 bits per heavy atom. The number of hydrogen-bond donors (Lipinski definition) is 1. The van der Waals surface area contributed by atoms with Crippen molar-refractivity contribution in [1.29, 1.82) is 0 Å². The zero-order valence-electron chi connectivity index (χ0n) is 12.5. The van der Waals surface area contributed by atoms with Gasteiger partial charge in [0.1, 0.15) is 17.4 Å². The van der Waals surface area contributed by atoms with Crippen LogP contribution in [0.25, 0.3) is 0 Å². The number of anilines is 1. The Kier molecular flexibility index (Phi) is 5.09. The first-order valence-electron chi connectivity index (χ1n) is 6.90. The Labute approximate surface area is 127 Å². The van der Waals surface area contributed by atoms with Crippen LogP contribution in [0.2, 0.25) is 0 Å². The van der Waals surface area contributed by atoms with Crippen LogP contribution in [0.3, 0.4) is 0 Å². The van der Waals surface area contributed by atoms with Crippen LogP contribution in [0.4, 0.5) is 14.5 Å². The van der Waals surface area contributed by atoms with Gasteiger partial charge in [0.2, 0.25) is 5.91 Å². The molecule has 1 N–H and O–H groups in total. The molecule has 2 aromatic rings. The van der Waals surface area contributed by atoms with E-state index in [9.17, 15) is 13.6 Å². The molecule has 0 unspecified atom stereocenters. The van der Waals surface area contributed by atoms with Crippen LogP contribution in [0.5, 0.6) is 5.75 Å². The van der Waals surface area contributed by atoms with Crippen LogP contribution in [0, 0.1) is 25.5 Å². The van der Waals surface area contributed by atoms with Gasteiger partial charge in [0, 0.05) is 6.07 Å². The SMILES string of the molecule is Cc1cc(C)cc(OCCC(=O)Nc2cc(F)ccc2F)c1. The molecule has 5 heteroatoms. The number of rotatable bonds is 5. The smallest absolute Gasteiger partial charge is 0.227 e. The Balaban J connectivity index is 1.86. The summed E-state index contributed by atoms with van der Waals surface area (Å²) < 4.78 is 31.9. The molecule has 2 rings (SSSR count). The molecule has 22 heavy (non-hydrogen) atoms. The van der Waals surface area contributed by atoms with E-state index in [4.69, 9.17) is 4.74 Å². The number of hydrogen-bond acceptors (Lipinski definition) is 2. The van der Waals surface area contributed by atoms with Gasteiger partial charge in [-0.1, -0.05) is 6.07 Å². The Morgan fingerprint density at radius 2 is 1.77 bits per heavy atom. The molecule has 0 atom stereocenters. The van der Waals surface area contributed by atoms with Gasteiger partial charge in [-0.3, -0.25) is 4.79 Å². The lowest BCUT2D eigenvalue weighted by molar-refractivity contribution is -0.116. The first-order chi connectivity index (χ1) is 10.4. The summed E-state index contributed by atoms with van der Waals surface area (Å²) in [5.74, 6) is -1.04. The number of carbonyl (C=O) groups excluding carboxylic acids is 1. The van der Waals surface area contributed by atoms with Crippen molar-refractivity contribution in [3.8, 4) is 5.75 Å². The van der Waals surface area contributed by atoms with Crippen LogP contribution in [0.1, 0.15) is 17.5 Å². The summed E-state index contributed by atoms with van der Waals surface area (Å²) in [6.45, 7) is 4.07. The molecule has 3 nitrogen and oxygen atoms in total. The van der Waals surface area contributed by atoms with Gasteiger partial charge in [0.05, 0.1) is 18.7 Å². The summed E-state index contributed by atoms with van der Waals surface area (Å²) in [6.07, 6.45) is 0.0446. The van der Waals surface area contributed by atoms with Crippen molar-refractivity contribution < 1.29 is 18.3 Å². The monoisotopic (exact) mass is 305 g/mol.